The molecule has 0 saturated heterocycles. The summed E-state index contributed by atoms with van der Waals surface area (Å²) >= 11 is 1.41. The number of rotatable bonds is 8. The maximum absolute atomic E-state index is 12.3. The van der Waals surface area contributed by atoms with Gasteiger partial charge in [0.25, 0.3) is 0 Å². The molecule has 1 aliphatic rings. The quantitative estimate of drug-likeness (QED) is 0.650. The van der Waals surface area contributed by atoms with Crippen LogP contribution in [0.25, 0.3) is 0 Å². The highest BCUT2D eigenvalue weighted by atomic mass is 32.2. The predicted molar refractivity (Wildman–Crippen MR) is 109 cm³/mol. The third-order valence-electron chi connectivity index (χ3n) is 4.35. The number of nitriles is 1. The zero-order valence-corrected chi connectivity index (χ0v) is 15.9. The molecular formula is C21H23N3O2S. The highest BCUT2D eigenvalue weighted by Gasteiger charge is 2.16. The summed E-state index contributed by atoms with van der Waals surface area (Å²) in [6.07, 6.45) is 5.01. The van der Waals surface area contributed by atoms with Crippen LogP contribution in [0, 0.1) is 11.3 Å². The molecule has 0 spiro atoms. The molecular weight excluding hydrogens is 358 g/mol. The maximum atomic E-state index is 12.3. The van der Waals surface area contributed by atoms with Gasteiger partial charge in [-0.2, -0.15) is 5.26 Å². The van der Waals surface area contributed by atoms with Crippen molar-refractivity contribution in [2.75, 3.05) is 22.9 Å². The molecule has 6 heteroatoms. The average Bonchev–Trinajstić information content (AvgIpc) is 3.19. The van der Waals surface area contributed by atoms with Gasteiger partial charge in [0.05, 0.1) is 30.2 Å². The van der Waals surface area contributed by atoms with E-state index in [0.717, 1.165) is 34.9 Å². The summed E-state index contributed by atoms with van der Waals surface area (Å²) in [5.41, 5.74) is 1.58. The van der Waals surface area contributed by atoms with E-state index in [4.69, 9.17) is 10.00 Å². The molecule has 1 saturated carbocycles. The lowest BCUT2D eigenvalue weighted by atomic mass is 10.2. The molecule has 1 amide bonds. The lowest BCUT2D eigenvalue weighted by molar-refractivity contribution is -0.114. The Bertz CT molecular complexity index is 813. The minimum atomic E-state index is -0.137. The number of carbonyl (C=O) groups is 1. The molecule has 140 valence electrons. The van der Waals surface area contributed by atoms with E-state index < -0.39 is 0 Å². The Kier molecular flexibility index (Phi) is 7.00. The molecule has 2 N–H and O–H groups in total. The predicted octanol–water partition coefficient (Wildman–Crippen LogP) is 4.67. The Hall–Kier alpha value is -2.65. The molecule has 2 aromatic rings. The molecule has 0 aliphatic heterocycles. The lowest BCUT2D eigenvalue weighted by Gasteiger charge is -2.14. The summed E-state index contributed by atoms with van der Waals surface area (Å²) in [6, 6.07) is 17.3. The van der Waals surface area contributed by atoms with Crippen LogP contribution >= 0.6 is 11.8 Å². The number of anilines is 2. The van der Waals surface area contributed by atoms with Crippen LogP contribution in [-0.2, 0) is 4.79 Å². The van der Waals surface area contributed by atoms with Crippen molar-refractivity contribution in [1.29, 1.82) is 5.26 Å². The first kappa shape index (κ1) is 19.1. The van der Waals surface area contributed by atoms with Crippen molar-refractivity contribution in [3.8, 4) is 11.8 Å². The van der Waals surface area contributed by atoms with Crippen molar-refractivity contribution in [3.63, 3.8) is 0 Å². The lowest BCUT2D eigenvalue weighted by Crippen LogP contribution is -2.22. The van der Waals surface area contributed by atoms with Crippen LogP contribution in [0.5, 0.6) is 5.75 Å². The summed E-state index contributed by atoms with van der Waals surface area (Å²) in [4.78, 5) is 13.2. The van der Waals surface area contributed by atoms with Gasteiger partial charge in [0.15, 0.2) is 0 Å². The first-order chi connectivity index (χ1) is 13.2. The number of benzene rings is 2. The van der Waals surface area contributed by atoms with Crippen molar-refractivity contribution in [1.82, 2.24) is 0 Å². The molecule has 0 heterocycles. The van der Waals surface area contributed by atoms with Crippen LogP contribution in [0.2, 0.25) is 0 Å². The number of ether oxygens (including phenoxy) is 1. The molecule has 0 radical (unpaired) electrons. The first-order valence-corrected chi connectivity index (χ1v) is 10.1. The normalized spacial score (nSPS) is 13.7. The largest absolute Gasteiger partial charge is 0.490 e. The molecule has 5 nitrogen and oxygen atoms in total. The van der Waals surface area contributed by atoms with Crippen molar-refractivity contribution in [3.05, 3.63) is 48.5 Å². The van der Waals surface area contributed by atoms with Gasteiger partial charge in [0, 0.05) is 16.6 Å². The van der Waals surface area contributed by atoms with Gasteiger partial charge in [-0.1, -0.05) is 18.2 Å². The van der Waals surface area contributed by atoms with Crippen molar-refractivity contribution in [2.24, 2.45) is 0 Å². The Morgan fingerprint density at radius 3 is 2.81 bits per heavy atom. The van der Waals surface area contributed by atoms with E-state index in [2.05, 4.69) is 16.7 Å². The van der Waals surface area contributed by atoms with Crippen LogP contribution in [-0.4, -0.2) is 24.3 Å². The molecule has 2 aromatic carbocycles. The number of carbonyl (C=O) groups excluding carboxylic acids is 1. The van der Waals surface area contributed by atoms with Crippen molar-refractivity contribution < 1.29 is 9.53 Å². The van der Waals surface area contributed by atoms with Gasteiger partial charge in [0.1, 0.15) is 5.75 Å². The smallest absolute Gasteiger partial charge is 0.243 e. The Morgan fingerprint density at radius 2 is 2.00 bits per heavy atom. The van der Waals surface area contributed by atoms with E-state index in [-0.39, 0.29) is 12.5 Å². The fourth-order valence-corrected chi connectivity index (χ4v) is 3.73. The fraction of sp³-hybridized carbons (Fsp3) is 0.333. The van der Waals surface area contributed by atoms with Gasteiger partial charge in [0.2, 0.25) is 5.91 Å². The van der Waals surface area contributed by atoms with E-state index in [1.54, 1.807) is 0 Å². The van der Waals surface area contributed by atoms with E-state index >= 15 is 0 Å². The SMILES string of the molecule is N#CCSc1ccccc1NC(=O)CNc1cccc(OC2CCCC2)c1. The highest BCUT2D eigenvalue weighted by Crippen LogP contribution is 2.27. The van der Waals surface area contributed by atoms with E-state index in [0.29, 0.717) is 11.9 Å². The number of nitrogens with one attached hydrogen (secondary N) is 2. The minimum Gasteiger partial charge on any atom is -0.490 e. The van der Waals surface area contributed by atoms with Gasteiger partial charge in [-0.3, -0.25) is 4.79 Å². The zero-order chi connectivity index (χ0) is 18.9. The number of amides is 1. The van der Waals surface area contributed by atoms with Gasteiger partial charge in [-0.25, -0.2) is 0 Å². The molecule has 0 bridgehead atoms. The van der Waals surface area contributed by atoms with Gasteiger partial charge < -0.3 is 15.4 Å². The standard InChI is InChI=1S/C21H23N3O2S/c22-12-13-27-20-11-4-3-10-19(20)24-21(25)15-23-16-6-5-9-18(14-16)26-17-7-1-2-8-17/h3-6,9-11,14,17,23H,1-2,7-8,13,15H2,(H,24,25). The second-order valence-corrected chi connectivity index (χ2v) is 7.41. The summed E-state index contributed by atoms with van der Waals surface area (Å²) in [5.74, 6) is 1.05. The van der Waals surface area contributed by atoms with Crippen LogP contribution in [0.1, 0.15) is 25.7 Å². The van der Waals surface area contributed by atoms with Crippen LogP contribution < -0.4 is 15.4 Å². The highest BCUT2D eigenvalue weighted by molar-refractivity contribution is 7.99. The van der Waals surface area contributed by atoms with Gasteiger partial charge in [-0.05, 0) is 49.9 Å². The number of para-hydroxylation sites is 1. The first-order valence-electron chi connectivity index (χ1n) is 9.14. The Labute approximate surface area is 164 Å². The van der Waals surface area contributed by atoms with Crippen LogP contribution in [0.3, 0.4) is 0 Å². The molecule has 0 aromatic heterocycles. The molecule has 3 rings (SSSR count). The second-order valence-electron chi connectivity index (χ2n) is 6.40. The summed E-state index contributed by atoms with van der Waals surface area (Å²) in [5, 5.41) is 14.8. The Balaban J connectivity index is 1.53. The number of hydrogen-bond donors (Lipinski definition) is 2. The summed E-state index contributed by atoms with van der Waals surface area (Å²) in [6.45, 7) is 0.157. The fourth-order valence-electron chi connectivity index (χ4n) is 3.06. The van der Waals surface area contributed by atoms with Crippen molar-refractivity contribution in [2.45, 2.75) is 36.7 Å². The van der Waals surface area contributed by atoms with E-state index in [1.165, 1.54) is 24.6 Å². The van der Waals surface area contributed by atoms with Crippen LogP contribution in [0.15, 0.2) is 53.4 Å². The number of hydrogen-bond acceptors (Lipinski definition) is 5. The third kappa shape index (κ3) is 5.93. The molecule has 0 atom stereocenters. The molecule has 1 fully saturated rings. The Morgan fingerprint density at radius 1 is 1.19 bits per heavy atom. The summed E-state index contributed by atoms with van der Waals surface area (Å²) < 4.78 is 6.00. The van der Waals surface area contributed by atoms with Gasteiger partial charge in [-0.15, -0.1) is 11.8 Å². The number of nitrogens with zero attached hydrogens (tertiary/aromatic N) is 1. The second kappa shape index (κ2) is 9.89. The van der Waals surface area contributed by atoms with E-state index in [9.17, 15) is 4.79 Å². The minimum absolute atomic E-state index is 0.137. The average molecular weight is 382 g/mol. The third-order valence-corrected chi connectivity index (χ3v) is 5.29. The maximum Gasteiger partial charge on any atom is 0.243 e. The van der Waals surface area contributed by atoms with Gasteiger partial charge >= 0.3 is 0 Å². The summed E-state index contributed by atoms with van der Waals surface area (Å²) in [7, 11) is 0. The molecule has 0 unspecified atom stereocenters. The van der Waals surface area contributed by atoms with Crippen LogP contribution in [0.4, 0.5) is 11.4 Å². The number of thioether (sulfide) groups is 1. The zero-order valence-electron chi connectivity index (χ0n) is 15.1. The molecule has 1 aliphatic carbocycles. The topological polar surface area (TPSA) is 74.2 Å². The molecule has 27 heavy (non-hydrogen) atoms. The monoisotopic (exact) mass is 381 g/mol. The van der Waals surface area contributed by atoms with Crippen molar-refractivity contribution >= 4 is 29.0 Å². The van der Waals surface area contributed by atoms with E-state index in [1.807, 2.05) is 48.5 Å².